The second-order valence-corrected chi connectivity index (χ2v) is 7.78. The van der Waals surface area contributed by atoms with Crippen LogP contribution in [0, 0.1) is 17.6 Å². The molecule has 1 atom stereocenters. The van der Waals surface area contributed by atoms with Crippen LogP contribution in [0.3, 0.4) is 0 Å². The van der Waals surface area contributed by atoms with Gasteiger partial charge in [0.05, 0.1) is 6.26 Å². The number of nitrogens with one attached hydrogen (secondary N) is 1. The highest BCUT2D eigenvalue weighted by molar-refractivity contribution is 7.88. The van der Waals surface area contributed by atoms with Crippen LogP contribution in [0.25, 0.3) is 10.9 Å². The molecule has 3 rings (SSSR count). The van der Waals surface area contributed by atoms with Gasteiger partial charge in [-0.25, -0.2) is 21.5 Å². The van der Waals surface area contributed by atoms with Gasteiger partial charge in [0.1, 0.15) is 11.3 Å². The first-order chi connectivity index (χ1) is 10.8. The van der Waals surface area contributed by atoms with Gasteiger partial charge in [0.25, 0.3) is 0 Å². The van der Waals surface area contributed by atoms with E-state index in [9.17, 15) is 17.2 Å². The molecule has 1 fully saturated rings. The van der Waals surface area contributed by atoms with E-state index < -0.39 is 21.7 Å². The second kappa shape index (κ2) is 6.01. The minimum absolute atomic E-state index is 0.112. The first-order valence-electron chi connectivity index (χ1n) is 7.27. The van der Waals surface area contributed by atoms with Gasteiger partial charge >= 0.3 is 0 Å². The summed E-state index contributed by atoms with van der Waals surface area (Å²) in [6, 6.07) is 3.70. The number of pyridine rings is 1. The van der Waals surface area contributed by atoms with Crippen molar-refractivity contribution in [3.05, 3.63) is 36.0 Å². The Kier molecular flexibility index (Phi) is 4.20. The van der Waals surface area contributed by atoms with E-state index in [1.807, 2.05) is 0 Å². The van der Waals surface area contributed by atoms with Crippen LogP contribution in [-0.4, -0.2) is 43.6 Å². The Morgan fingerprint density at radius 2 is 2.17 bits per heavy atom. The van der Waals surface area contributed by atoms with E-state index in [0.717, 1.165) is 12.5 Å². The Bertz CT molecular complexity index is 842. The lowest BCUT2D eigenvalue weighted by molar-refractivity contribution is 0.466. The molecular weight excluding hydrogens is 324 g/mol. The topological polar surface area (TPSA) is 62.3 Å². The summed E-state index contributed by atoms with van der Waals surface area (Å²) in [6.07, 6.45) is 3.42. The Morgan fingerprint density at radius 3 is 2.87 bits per heavy atom. The van der Waals surface area contributed by atoms with Crippen molar-refractivity contribution in [3.63, 3.8) is 0 Å². The second-order valence-electron chi connectivity index (χ2n) is 5.80. The fraction of sp³-hybridized carbons (Fsp3) is 0.400. The number of halogens is 2. The zero-order valence-electron chi connectivity index (χ0n) is 12.6. The van der Waals surface area contributed by atoms with Crippen molar-refractivity contribution in [2.24, 2.45) is 5.92 Å². The fourth-order valence-corrected chi connectivity index (χ4v) is 3.77. The van der Waals surface area contributed by atoms with E-state index in [1.165, 1.54) is 22.8 Å². The van der Waals surface area contributed by atoms with E-state index in [4.69, 9.17) is 0 Å². The van der Waals surface area contributed by atoms with Crippen LogP contribution in [-0.2, 0) is 10.0 Å². The van der Waals surface area contributed by atoms with Gasteiger partial charge in [-0.2, -0.15) is 0 Å². The number of aromatic nitrogens is 1. The van der Waals surface area contributed by atoms with Crippen molar-refractivity contribution in [1.82, 2.24) is 9.29 Å². The Labute approximate surface area is 133 Å². The molecule has 8 heteroatoms. The Hall–Kier alpha value is -1.80. The molecule has 124 valence electrons. The molecule has 0 saturated carbocycles. The Morgan fingerprint density at radius 1 is 1.39 bits per heavy atom. The molecule has 2 aromatic rings. The predicted octanol–water partition coefficient (Wildman–Crippen LogP) is 2.21. The first kappa shape index (κ1) is 16.1. The van der Waals surface area contributed by atoms with E-state index in [-0.39, 0.29) is 11.4 Å². The molecule has 0 amide bonds. The summed E-state index contributed by atoms with van der Waals surface area (Å²) in [7, 11) is -3.17. The maximum atomic E-state index is 13.7. The first-order valence-corrected chi connectivity index (χ1v) is 9.12. The molecule has 1 aromatic carbocycles. The molecule has 1 aromatic heterocycles. The van der Waals surface area contributed by atoms with Crippen molar-refractivity contribution < 1.29 is 17.2 Å². The predicted molar refractivity (Wildman–Crippen MR) is 84.7 cm³/mol. The molecule has 1 saturated heterocycles. The number of hydrogen-bond donors (Lipinski definition) is 1. The lowest BCUT2D eigenvalue weighted by Gasteiger charge is -2.15. The zero-order chi connectivity index (χ0) is 16.6. The maximum Gasteiger partial charge on any atom is 0.211 e. The van der Waals surface area contributed by atoms with Crippen LogP contribution in [0.5, 0.6) is 0 Å². The van der Waals surface area contributed by atoms with Crippen LogP contribution < -0.4 is 5.32 Å². The molecule has 2 heterocycles. The average Bonchev–Trinajstić information content (AvgIpc) is 2.94. The van der Waals surface area contributed by atoms with Crippen molar-refractivity contribution in [3.8, 4) is 0 Å². The molecular formula is C15H17F2N3O2S. The highest BCUT2D eigenvalue weighted by atomic mass is 32.2. The smallest absolute Gasteiger partial charge is 0.211 e. The van der Waals surface area contributed by atoms with Gasteiger partial charge in [-0.1, -0.05) is 0 Å². The van der Waals surface area contributed by atoms with Crippen molar-refractivity contribution in [2.45, 2.75) is 6.42 Å². The lowest BCUT2D eigenvalue weighted by atomic mass is 10.1. The van der Waals surface area contributed by atoms with Crippen LogP contribution in [0.15, 0.2) is 24.4 Å². The average molecular weight is 341 g/mol. The molecule has 0 bridgehead atoms. The van der Waals surface area contributed by atoms with Crippen LogP contribution in [0.2, 0.25) is 0 Å². The minimum Gasteiger partial charge on any atom is -0.384 e. The van der Waals surface area contributed by atoms with Gasteiger partial charge in [0.2, 0.25) is 10.0 Å². The highest BCUT2D eigenvalue weighted by Gasteiger charge is 2.28. The number of anilines is 1. The number of sulfonamides is 1. The van der Waals surface area contributed by atoms with Gasteiger partial charge in [-0.3, -0.25) is 4.98 Å². The fourth-order valence-electron chi connectivity index (χ4n) is 2.85. The van der Waals surface area contributed by atoms with Gasteiger partial charge in [-0.05, 0) is 24.5 Å². The summed E-state index contributed by atoms with van der Waals surface area (Å²) in [5.74, 6) is -1.20. The zero-order valence-corrected chi connectivity index (χ0v) is 13.4. The third kappa shape index (κ3) is 3.42. The monoisotopic (exact) mass is 341 g/mol. The third-order valence-corrected chi connectivity index (χ3v) is 5.33. The van der Waals surface area contributed by atoms with Crippen LogP contribution >= 0.6 is 0 Å². The Balaban J connectivity index is 1.76. The summed E-state index contributed by atoms with van der Waals surface area (Å²) >= 11 is 0. The lowest BCUT2D eigenvalue weighted by Crippen LogP contribution is -2.28. The number of rotatable bonds is 4. The molecule has 1 unspecified atom stereocenters. The molecule has 1 N–H and O–H groups in total. The summed E-state index contributed by atoms with van der Waals surface area (Å²) in [5, 5.41) is 3.54. The largest absolute Gasteiger partial charge is 0.384 e. The molecule has 0 spiro atoms. The number of fused-ring (bicyclic) bond motifs is 1. The standard InChI is InChI=1S/C15H17F2N3O2S/c1-23(21,22)20-5-3-10(9-20)8-19-14-2-4-18-15-12(14)6-11(16)7-13(15)17/h2,4,6-7,10H,3,5,8-9H2,1H3,(H,18,19). The summed E-state index contributed by atoms with van der Waals surface area (Å²) in [5.41, 5.74) is 0.701. The molecule has 0 radical (unpaired) electrons. The number of hydrogen-bond acceptors (Lipinski definition) is 4. The van der Waals surface area contributed by atoms with Gasteiger partial charge < -0.3 is 5.32 Å². The molecule has 0 aliphatic carbocycles. The number of benzene rings is 1. The summed E-state index contributed by atoms with van der Waals surface area (Å²) < 4.78 is 51.7. The van der Waals surface area contributed by atoms with Crippen LogP contribution in [0.4, 0.5) is 14.5 Å². The third-order valence-electron chi connectivity index (χ3n) is 4.06. The SMILES string of the molecule is CS(=O)(=O)N1CCC(CNc2ccnc3c(F)cc(F)cc23)C1. The van der Waals surface area contributed by atoms with Crippen molar-refractivity contribution in [2.75, 3.05) is 31.2 Å². The van der Waals surface area contributed by atoms with Crippen LogP contribution in [0.1, 0.15) is 6.42 Å². The number of nitrogens with zero attached hydrogens (tertiary/aromatic N) is 2. The molecule has 5 nitrogen and oxygen atoms in total. The molecule has 1 aliphatic heterocycles. The summed E-state index contributed by atoms with van der Waals surface area (Å²) in [6.45, 7) is 1.49. The van der Waals surface area contributed by atoms with Crippen molar-refractivity contribution >= 4 is 26.6 Å². The van der Waals surface area contributed by atoms with Gasteiger partial charge in [-0.15, -0.1) is 0 Å². The highest BCUT2D eigenvalue weighted by Crippen LogP contribution is 2.26. The molecule has 23 heavy (non-hydrogen) atoms. The van der Waals surface area contributed by atoms with E-state index in [0.29, 0.717) is 30.7 Å². The van der Waals surface area contributed by atoms with Crippen molar-refractivity contribution in [1.29, 1.82) is 0 Å². The van der Waals surface area contributed by atoms with E-state index in [1.54, 1.807) is 6.07 Å². The quantitative estimate of drug-likeness (QED) is 0.926. The van der Waals surface area contributed by atoms with Gasteiger partial charge in [0.15, 0.2) is 5.82 Å². The van der Waals surface area contributed by atoms with E-state index >= 15 is 0 Å². The van der Waals surface area contributed by atoms with E-state index in [2.05, 4.69) is 10.3 Å². The maximum absolute atomic E-state index is 13.7. The summed E-state index contributed by atoms with van der Waals surface area (Å²) in [4.78, 5) is 3.94. The minimum atomic E-state index is -3.17. The normalized spacial score (nSPS) is 19.3. The van der Waals surface area contributed by atoms with Gasteiger partial charge in [0, 0.05) is 43.0 Å². The molecule has 1 aliphatic rings.